The van der Waals surface area contributed by atoms with Gasteiger partial charge < -0.3 is 14.5 Å². The van der Waals surface area contributed by atoms with Crippen LogP contribution in [0.2, 0.25) is 0 Å². The van der Waals surface area contributed by atoms with Gasteiger partial charge in [-0.15, -0.1) is 0 Å². The molecule has 1 aromatic carbocycles. The first kappa shape index (κ1) is 13.7. The van der Waals surface area contributed by atoms with Crippen LogP contribution in [0, 0.1) is 0 Å². The van der Waals surface area contributed by atoms with Crippen LogP contribution in [-0.2, 0) is 9.30 Å². The highest BCUT2D eigenvalue weighted by molar-refractivity contribution is 7.60. The summed E-state index contributed by atoms with van der Waals surface area (Å²) in [6, 6.07) is 7.70. The fraction of sp³-hybridized carbons (Fsp3) is 0. The van der Waals surface area contributed by atoms with Gasteiger partial charge in [0.15, 0.2) is 0 Å². The van der Waals surface area contributed by atoms with Gasteiger partial charge in [-0.3, -0.25) is 4.57 Å². The van der Waals surface area contributed by atoms with Crippen LogP contribution in [0.3, 0.4) is 0 Å². The monoisotopic (exact) mass is 228 g/mol. The second-order valence-electron chi connectivity index (χ2n) is 2.35. The van der Waals surface area contributed by atoms with Gasteiger partial charge in [-0.05, 0) is 12.1 Å². The second kappa shape index (κ2) is 7.01. The van der Waals surface area contributed by atoms with Crippen LogP contribution >= 0.6 is 7.60 Å². The highest BCUT2D eigenvalue weighted by Gasteiger charge is 2.14. The van der Waals surface area contributed by atoms with E-state index in [0.29, 0.717) is 0 Å². The quantitative estimate of drug-likeness (QED) is 0.611. The first-order valence-corrected chi connectivity index (χ1v) is 5.62. The Morgan fingerprint density at radius 2 is 1.60 bits per heavy atom. The van der Waals surface area contributed by atoms with E-state index in [2.05, 4.69) is 17.9 Å². The van der Waals surface area contributed by atoms with Crippen molar-refractivity contribution in [2.45, 2.75) is 0 Å². The molecule has 0 aliphatic carbocycles. The van der Waals surface area contributed by atoms with Crippen LogP contribution < -0.4 is 5.30 Å². The van der Waals surface area contributed by atoms with E-state index in [-0.39, 0.29) is 5.30 Å². The van der Waals surface area contributed by atoms with Crippen molar-refractivity contribution in [1.29, 1.82) is 0 Å². The molecule has 0 heterocycles. The summed E-state index contributed by atoms with van der Waals surface area (Å²) < 4.78 is 14.9. The van der Waals surface area contributed by atoms with Crippen LogP contribution in [0.15, 0.2) is 56.0 Å². The fourth-order valence-corrected chi connectivity index (χ4v) is 1.25. The van der Waals surface area contributed by atoms with Gasteiger partial charge >= 0.3 is 7.60 Å². The maximum atomic E-state index is 10.5. The van der Waals surface area contributed by atoms with Gasteiger partial charge in [-0.25, -0.2) is 0 Å². The van der Waals surface area contributed by atoms with Gasteiger partial charge in [0, 0.05) is 0 Å². The predicted molar refractivity (Wildman–Crippen MR) is 59.6 cm³/mol. The molecule has 0 atom stereocenters. The van der Waals surface area contributed by atoms with E-state index in [1.54, 1.807) is 18.2 Å². The molecule has 1 rings (SSSR count). The number of benzene rings is 1. The Labute approximate surface area is 88.7 Å². The SMILES string of the molecule is C=COC=C.O=P(O)(O)c1ccccc1. The summed E-state index contributed by atoms with van der Waals surface area (Å²) in [4.78, 5) is 17.2. The Hall–Kier alpha value is -1.35. The van der Waals surface area contributed by atoms with Gasteiger partial charge in [0.1, 0.15) is 0 Å². The molecular formula is C10H13O4P. The highest BCUT2D eigenvalue weighted by atomic mass is 31.2. The normalized spacial score (nSPS) is 9.47. The molecule has 4 nitrogen and oxygen atoms in total. The maximum Gasteiger partial charge on any atom is 0.356 e. The Balaban J connectivity index is 0.000000336. The van der Waals surface area contributed by atoms with Crippen molar-refractivity contribution >= 4 is 12.9 Å². The van der Waals surface area contributed by atoms with E-state index in [1.807, 2.05) is 0 Å². The number of hydrogen-bond donors (Lipinski definition) is 2. The number of rotatable bonds is 3. The van der Waals surface area contributed by atoms with E-state index >= 15 is 0 Å². The fourth-order valence-electron chi connectivity index (χ4n) is 0.690. The van der Waals surface area contributed by atoms with Gasteiger partial charge in [0.25, 0.3) is 0 Å². The smallest absolute Gasteiger partial charge is 0.356 e. The molecule has 82 valence electrons. The highest BCUT2D eigenvalue weighted by Crippen LogP contribution is 2.32. The lowest BCUT2D eigenvalue weighted by molar-refractivity contribution is 0.387. The molecule has 0 fully saturated rings. The summed E-state index contributed by atoms with van der Waals surface area (Å²) in [5.41, 5.74) is 0. The molecule has 0 aliphatic heterocycles. The van der Waals surface area contributed by atoms with E-state index in [9.17, 15) is 4.57 Å². The van der Waals surface area contributed by atoms with Gasteiger partial charge in [-0.1, -0.05) is 31.4 Å². The number of hydrogen-bond acceptors (Lipinski definition) is 2. The third-order valence-electron chi connectivity index (χ3n) is 1.28. The van der Waals surface area contributed by atoms with Crippen LogP contribution in [-0.4, -0.2) is 9.79 Å². The van der Waals surface area contributed by atoms with Crippen LogP contribution in [0.25, 0.3) is 0 Å². The molecule has 0 unspecified atom stereocenters. The minimum Gasteiger partial charge on any atom is -0.474 e. The Kier molecular flexibility index (Phi) is 6.38. The topological polar surface area (TPSA) is 66.8 Å². The molecule has 2 N–H and O–H groups in total. The molecule has 0 spiro atoms. The van der Waals surface area contributed by atoms with Crippen molar-refractivity contribution in [2.75, 3.05) is 0 Å². The summed E-state index contributed by atoms with van der Waals surface area (Å²) in [6.45, 7) is 6.51. The second-order valence-corrected chi connectivity index (χ2v) is 3.95. The predicted octanol–water partition coefficient (Wildman–Crippen LogP) is 1.78. The van der Waals surface area contributed by atoms with Gasteiger partial charge in [0.05, 0.1) is 17.8 Å². The van der Waals surface area contributed by atoms with Crippen molar-refractivity contribution in [2.24, 2.45) is 0 Å². The van der Waals surface area contributed by atoms with Gasteiger partial charge in [-0.2, -0.15) is 0 Å². The van der Waals surface area contributed by atoms with E-state index < -0.39 is 7.60 Å². The van der Waals surface area contributed by atoms with E-state index in [4.69, 9.17) is 9.79 Å². The van der Waals surface area contributed by atoms with Crippen LogP contribution in [0.1, 0.15) is 0 Å². The summed E-state index contributed by atoms with van der Waals surface area (Å²) >= 11 is 0. The molecule has 0 bridgehead atoms. The zero-order chi connectivity index (χ0) is 11.7. The first-order valence-electron chi connectivity index (χ1n) is 4.00. The largest absolute Gasteiger partial charge is 0.474 e. The van der Waals surface area contributed by atoms with Crippen molar-refractivity contribution < 1.29 is 19.1 Å². The minimum atomic E-state index is -4.02. The zero-order valence-corrected chi connectivity index (χ0v) is 9.01. The molecule has 15 heavy (non-hydrogen) atoms. The Bertz CT molecular complexity index is 336. The lowest BCUT2D eigenvalue weighted by Gasteiger charge is -2.00. The standard InChI is InChI=1S/C6H7O3P.C4H6O/c7-10(8,9)6-4-2-1-3-5-6;1-3-5-4-2/h1-5H,(H2,7,8,9);3-4H,1-2H2. The van der Waals surface area contributed by atoms with E-state index in [1.165, 1.54) is 24.7 Å². The van der Waals surface area contributed by atoms with E-state index in [0.717, 1.165) is 0 Å². The first-order chi connectivity index (χ1) is 7.02. The van der Waals surface area contributed by atoms with Crippen molar-refractivity contribution in [3.05, 3.63) is 56.0 Å². The van der Waals surface area contributed by atoms with Crippen molar-refractivity contribution in [1.82, 2.24) is 0 Å². The maximum absolute atomic E-state index is 10.5. The zero-order valence-electron chi connectivity index (χ0n) is 8.11. The average molecular weight is 228 g/mol. The lowest BCUT2D eigenvalue weighted by Crippen LogP contribution is -2.01. The minimum absolute atomic E-state index is 0.0648. The Morgan fingerprint density at radius 1 is 1.13 bits per heavy atom. The third kappa shape index (κ3) is 6.69. The molecule has 0 radical (unpaired) electrons. The van der Waals surface area contributed by atoms with Crippen molar-refractivity contribution in [3.8, 4) is 0 Å². The summed E-state index contributed by atoms with van der Waals surface area (Å²) in [5, 5.41) is 0.0648. The van der Waals surface area contributed by atoms with Crippen molar-refractivity contribution in [3.63, 3.8) is 0 Å². The van der Waals surface area contributed by atoms with Crippen LogP contribution in [0.5, 0.6) is 0 Å². The molecular weight excluding hydrogens is 215 g/mol. The molecule has 0 aromatic heterocycles. The summed E-state index contributed by atoms with van der Waals surface area (Å²) in [5.74, 6) is 0. The average Bonchev–Trinajstić information content (AvgIpc) is 2.20. The molecule has 1 aromatic rings. The van der Waals surface area contributed by atoms with Gasteiger partial charge in [0.2, 0.25) is 0 Å². The lowest BCUT2D eigenvalue weighted by atomic mass is 10.4. The summed E-state index contributed by atoms with van der Waals surface area (Å²) in [6.07, 6.45) is 2.62. The third-order valence-corrected chi connectivity index (χ3v) is 2.26. The molecule has 5 heteroatoms. The molecule has 0 aliphatic rings. The molecule has 0 saturated heterocycles. The molecule has 0 amide bonds. The number of ether oxygens (including phenoxy) is 1. The van der Waals surface area contributed by atoms with Crippen LogP contribution in [0.4, 0.5) is 0 Å². The molecule has 0 saturated carbocycles. The summed E-state index contributed by atoms with van der Waals surface area (Å²) in [7, 11) is -4.02. The Morgan fingerprint density at radius 3 is 1.80 bits per heavy atom.